The van der Waals surface area contributed by atoms with E-state index >= 15 is 0 Å². The highest BCUT2D eigenvalue weighted by molar-refractivity contribution is 7.89. The Labute approximate surface area is 124 Å². The Morgan fingerprint density at radius 2 is 2.10 bits per heavy atom. The minimum atomic E-state index is -3.59. The molecule has 3 rings (SSSR count). The van der Waals surface area contributed by atoms with E-state index in [2.05, 4.69) is 4.72 Å². The average molecular weight is 306 g/mol. The van der Waals surface area contributed by atoms with Gasteiger partial charge in [0.25, 0.3) is 0 Å². The molecule has 6 heteroatoms. The van der Waals surface area contributed by atoms with Gasteiger partial charge in [-0.25, -0.2) is 13.1 Å². The van der Waals surface area contributed by atoms with Gasteiger partial charge in [0.05, 0.1) is 17.0 Å². The van der Waals surface area contributed by atoms with E-state index in [1.54, 1.807) is 30.3 Å². The van der Waals surface area contributed by atoms with Crippen molar-refractivity contribution in [2.24, 2.45) is 0 Å². The summed E-state index contributed by atoms with van der Waals surface area (Å²) in [5, 5.41) is 1.49. The standard InChI is InChI=1S/C15H18N2O3S/c1-10-14(7-8-20-10)17-21(18,19)15-4-2-3-11-9-12(16)5-6-13(11)15/h2-6,9-10,14,17H,7-8,16H2,1H3. The smallest absolute Gasteiger partial charge is 0.241 e. The van der Waals surface area contributed by atoms with E-state index in [9.17, 15) is 8.42 Å². The van der Waals surface area contributed by atoms with Crippen LogP contribution in [0.1, 0.15) is 13.3 Å². The van der Waals surface area contributed by atoms with Crippen LogP contribution in [0.25, 0.3) is 10.8 Å². The molecule has 0 aromatic heterocycles. The molecule has 0 amide bonds. The maximum atomic E-state index is 12.6. The van der Waals surface area contributed by atoms with Crippen LogP contribution in [0.2, 0.25) is 0 Å². The van der Waals surface area contributed by atoms with Crippen molar-refractivity contribution in [1.29, 1.82) is 0 Å². The van der Waals surface area contributed by atoms with Gasteiger partial charge in [0.15, 0.2) is 0 Å². The molecule has 1 fully saturated rings. The summed E-state index contributed by atoms with van der Waals surface area (Å²) in [6, 6.07) is 10.2. The lowest BCUT2D eigenvalue weighted by Gasteiger charge is -2.17. The Bertz CT molecular complexity index is 774. The molecule has 0 radical (unpaired) electrons. The molecule has 0 saturated carbocycles. The summed E-state index contributed by atoms with van der Waals surface area (Å²) in [6.45, 7) is 2.46. The van der Waals surface area contributed by atoms with Crippen LogP contribution in [0.5, 0.6) is 0 Å². The van der Waals surface area contributed by atoms with Crippen molar-refractivity contribution in [3.63, 3.8) is 0 Å². The predicted octanol–water partition coefficient (Wildman–Crippen LogP) is 1.88. The van der Waals surface area contributed by atoms with Crippen LogP contribution in [-0.2, 0) is 14.8 Å². The number of nitrogen functional groups attached to an aromatic ring is 1. The number of sulfonamides is 1. The second-order valence-electron chi connectivity index (χ2n) is 5.33. The van der Waals surface area contributed by atoms with E-state index in [1.165, 1.54) is 0 Å². The third-order valence-electron chi connectivity index (χ3n) is 3.84. The van der Waals surface area contributed by atoms with Crippen molar-refractivity contribution in [3.05, 3.63) is 36.4 Å². The van der Waals surface area contributed by atoms with Gasteiger partial charge in [-0.1, -0.05) is 18.2 Å². The first-order valence-corrected chi connectivity index (χ1v) is 8.38. The van der Waals surface area contributed by atoms with E-state index in [0.717, 1.165) is 5.39 Å². The van der Waals surface area contributed by atoms with Gasteiger partial charge in [-0.2, -0.15) is 0 Å². The van der Waals surface area contributed by atoms with E-state index in [0.29, 0.717) is 24.1 Å². The third kappa shape index (κ3) is 2.74. The minimum Gasteiger partial charge on any atom is -0.399 e. The average Bonchev–Trinajstić information content (AvgIpc) is 2.82. The summed E-state index contributed by atoms with van der Waals surface area (Å²) < 4.78 is 33.4. The zero-order valence-electron chi connectivity index (χ0n) is 11.7. The maximum absolute atomic E-state index is 12.6. The normalized spacial score (nSPS) is 22.7. The lowest BCUT2D eigenvalue weighted by atomic mass is 10.1. The first kappa shape index (κ1) is 14.3. The van der Waals surface area contributed by atoms with Crippen LogP contribution in [-0.4, -0.2) is 27.2 Å². The van der Waals surface area contributed by atoms with Crippen molar-refractivity contribution in [2.45, 2.75) is 30.4 Å². The van der Waals surface area contributed by atoms with Gasteiger partial charge in [-0.3, -0.25) is 0 Å². The molecule has 0 spiro atoms. The fourth-order valence-electron chi connectivity index (χ4n) is 2.66. The predicted molar refractivity (Wildman–Crippen MR) is 82.5 cm³/mol. The highest BCUT2D eigenvalue weighted by Crippen LogP contribution is 2.26. The molecule has 2 unspecified atom stereocenters. The van der Waals surface area contributed by atoms with Crippen LogP contribution >= 0.6 is 0 Å². The van der Waals surface area contributed by atoms with E-state index in [1.807, 2.05) is 13.0 Å². The Hall–Kier alpha value is -1.63. The van der Waals surface area contributed by atoms with Crippen molar-refractivity contribution in [3.8, 4) is 0 Å². The molecule has 1 aliphatic rings. The lowest BCUT2D eigenvalue weighted by Crippen LogP contribution is -2.39. The number of nitrogens with two attached hydrogens (primary N) is 1. The number of anilines is 1. The number of ether oxygens (including phenoxy) is 1. The summed E-state index contributed by atoms with van der Waals surface area (Å²) in [5.74, 6) is 0. The van der Waals surface area contributed by atoms with Crippen molar-refractivity contribution >= 4 is 26.5 Å². The summed E-state index contributed by atoms with van der Waals surface area (Å²) in [7, 11) is -3.59. The SMILES string of the molecule is CC1OCCC1NS(=O)(=O)c1cccc2cc(N)ccc12. The van der Waals surface area contributed by atoms with Crippen molar-refractivity contribution in [2.75, 3.05) is 12.3 Å². The quantitative estimate of drug-likeness (QED) is 0.848. The number of hydrogen-bond donors (Lipinski definition) is 2. The van der Waals surface area contributed by atoms with E-state index in [-0.39, 0.29) is 17.0 Å². The Balaban J connectivity index is 2.02. The second kappa shape index (κ2) is 5.29. The van der Waals surface area contributed by atoms with Gasteiger partial charge in [0.1, 0.15) is 0 Å². The molecule has 21 heavy (non-hydrogen) atoms. The van der Waals surface area contributed by atoms with Crippen LogP contribution in [0.4, 0.5) is 5.69 Å². The molecule has 1 saturated heterocycles. The number of fused-ring (bicyclic) bond motifs is 1. The number of benzene rings is 2. The highest BCUT2D eigenvalue weighted by Gasteiger charge is 2.29. The maximum Gasteiger partial charge on any atom is 0.241 e. The van der Waals surface area contributed by atoms with Gasteiger partial charge in [-0.15, -0.1) is 0 Å². The number of nitrogens with one attached hydrogen (secondary N) is 1. The zero-order valence-corrected chi connectivity index (χ0v) is 12.6. The molecule has 3 N–H and O–H groups in total. The molecule has 112 valence electrons. The van der Waals surface area contributed by atoms with Crippen LogP contribution in [0, 0.1) is 0 Å². The molecule has 5 nitrogen and oxygen atoms in total. The molecular formula is C15H18N2O3S. The van der Waals surface area contributed by atoms with Gasteiger partial charge >= 0.3 is 0 Å². The van der Waals surface area contributed by atoms with Crippen molar-refractivity contribution < 1.29 is 13.2 Å². The van der Waals surface area contributed by atoms with Crippen molar-refractivity contribution in [1.82, 2.24) is 4.72 Å². The topological polar surface area (TPSA) is 81.4 Å². The number of rotatable bonds is 3. The fourth-order valence-corrected chi connectivity index (χ4v) is 4.22. The summed E-state index contributed by atoms with van der Waals surface area (Å²) in [5.41, 5.74) is 6.37. The van der Waals surface area contributed by atoms with Crippen LogP contribution in [0.3, 0.4) is 0 Å². The highest BCUT2D eigenvalue weighted by atomic mass is 32.2. The van der Waals surface area contributed by atoms with Crippen LogP contribution < -0.4 is 10.5 Å². The number of hydrogen-bond acceptors (Lipinski definition) is 4. The van der Waals surface area contributed by atoms with Gasteiger partial charge in [0, 0.05) is 17.7 Å². The Morgan fingerprint density at radius 3 is 2.81 bits per heavy atom. The molecule has 2 aromatic carbocycles. The van der Waals surface area contributed by atoms with Gasteiger partial charge < -0.3 is 10.5 Å². The van der Waals surface area contributed by atoms with Gasteiger partial charge in [-0.05, 0) is 36.9 Å². The summed E-state index contributed by atoms with van der Waals surface area (Å²) in [4.78, 5) is 0.277. The fraction of sp³-hybridized carbons (Fsp3) is 0.333. The van der Waals surface area contributed by atoms with E-state index < -0.39 is 10.0 Å². The van der Waals surface area contributed by atoms with Gasteiger partial charge in [0.2, 0.25) is 10.0 Å². The molecule has 1 heterocycles. The second-order valence-corrected chi connectivity index (χ2v) is 7.01. The molecule has 0 aliphatic carbocycles. The summed E-state index contributed by atoms with van der Waals surface area (Å²) >= 11 is 0. The Kier molecular flexibility index (Phi) is 3.61. The largest absolute Gasteiger partial charge is 0.399 e. The molecule has 2 atom stereocenters. The first-order chi connectivity index (χ1) is 9.97. The molecule has 1 aliphatic heterocycles. The molecule has 2 aromatic rings. The lowest BCUT2D eigenvalue weighted by molar-refractivity contribution is 0.117. The first-order valence-electron chi connectivity index (χ1n) is 6.89. The monoisotopic (exact) mass is 306 g/mol. The zero-order chi connectivity index (χ0) is 15.0. The summed E-state index contributed by atoms with van der Waals surface area (Å²) in [6.07, 6.45) is 0.586. The van der Waals surface area contributed by atoms with Crippen LogP contribution in [0.15, 0.2) is 41.3 Å². The third-order valence-corrected chi connectivity index (χ3v) is 5.38. The van der Waals surface area contributed by atoms with E-state index in [4.69, 9.17) is 10.5 Å². The minimum absolute atomic E-state index is 0.106. The molecule has 0 bridgehead atoms. The molecular weight excluding hydrogens is 288 g/mol. The Morgan fingerprint density at radius 1 is 1.29 bits per heavy atom.